The number of carbonyl (C=O) groups is 2. The molecule has 0 heterocycles. The van der Waals surface area contributed by atoms with Crippen molar-refractivity contribution in [2.24, 2.45) is 11.3 Å². The number of thioether (sulfide) groups is 1. The number of Topliss-reactive ketones (excluding diaryl/α,β-unsaturated/α-hetero) is 1. The summed E-state index contributed by atoms with van der Waals surface area (Å²) in [5.41, 5.74) is 0.239. The van der Waals surface area contributed by atoms with Crippen molar-refractivity contribution in [2.45, 2.75) is 59.9 Å². The van der Waals surface area contributed by atoms with Crippen LogP contribution in [0.3, 0.4) is 0 Å². The maximum Gasteiger partial charge on any atom is 0.307 e. The van der Waals surface area contributed by atoms with E-state index in [0.717, 1.165) is 12.3 Å². The van der Waals surface area contributed by atoms with Crippen LogP contribution in [0.1, 0.15) is 54.4 Å². The molecule has 0 aromatic rings. The number of carboxylic acids is 1. The van der Waals surface area contributed by atoms with E-state index >= 15 is 0 Å². The molecule has 0 fully saturated rings. The molecule has 33 heavy (non-hydrogen) atoms. The van der Waals surface area contributed by atoms with E-state index in [1.807, 2.05) is 0 Å². The van der Waals surface area contributed by atoms with Crippen LogP contribution in [0, 0.1) is 11.3 Å². The van der Waals surface area contributed by atoms with Crippen LogP contribution in [-0.4, -0.2) is 93.3 Å². The third-order valence-corrected chi connectivity index (χ3v) is 5.93. The van der Waals surface area contributed by atoms with Gasteiger partial charge in [-0.3, -0.25) is 9.59 Å². The summed E-state index contributed by atoms with van der Waals surface area (Å²) in [6.45, 7) is 17.3. The fourth-order valence-corrected chi connectivity index (χ4v) is 3.82. The molecule has 0 amide bonds. The SMILES string of the molecule is CC(C)(C)CSC[C@H](CC(=O)CCOCCOCCOCCOCCNC(C)(C)C)C(=O)O. The summed E-state index contributed by atoms with van der Waals surface area (Å²) in [6, 6.07) is 0. The molecule has 9 heteroatoms. The van der Waals surface area contributed by atoms with E-state index in [-0.39, 0.29) is 36.2 Å². The molecule has 196 valence electrons. The normalized spacial score (nSPS) is 13.3. The Hall–Kier alpha value is -0.710. The van der Waals surface area contributed by atoms with E-state index in [1.54, 1.807) is 11.8 Å². The van der Waals surface area contributed by atoms with Crippen LogP contribution in [-0.2, 0) is 28.5 Å². The number of carbonyl (C=O) groups excluding carboxylic acids is 1. The van der Waals surface area contributed by atoms with E-state index in [2.05, 4.69) is 46.9 Å². The molecule has 0 saturated heterocycles. The molecule has 0 aromatic carbocycles. The minimum Gasteiger partial charge on any atom is -0.481 e. The van der Waals surface area contributed by atoms with Gasteiger partial charge in [-0.05, 0) is 31.9 Å². The second-order valence-electron chi connectivity index (χ2n) is 10.2. The maximum atomic E-state index is 12.1. The summed E-state index contributed by atoms with van der Waals surface area (Å²) in [6.07, 6.45) is 0.280. The van der Waals surface area contributed by atoms with Crippen molar-refractivity contribution in [3.05, 3.63) is 0 Å². The van der Waals surface area contributed by atoms with Gasteiger partial charge in [0.25, 0.3) is 0 Å². The minimum atomic E-state index is -0.912. The zero-order chi connectivity index (χ0) is 25.2. The van der Waals surface area contributed by atoms with Crippen LogP contribution < -0.4 is 5.32 Å². The lowest BCUT2D eigenvalue weighted by Gasteiger charge is -2.20. The van der Waals surface area contributed by atoms with Crippen LogP contribution in [0.15, 0.2) is 0 Å². The Morgan fingerprint density at radius 1 is 0.818 bits per heavy atom. The first kappa shape index (κ1) is 32.3. The zero-order valence-electron chi connectivity index (χ0n) is 21.6. The van der Waals surface area contributed by atoms with Gasteiger partial charge in [0.2, 0.25) is 0 Å². The molecule has 1 atom stereocenters. The second-order valence-corrected chi connectivity index (χ2v) is 11.3. The smallest absolute Gasteiger partial charge is 0.307 e. The van der Waals surface area contributed by atoms with E-state index in [1.165, 1.54) is 0 Å². The number of hydrogen-bond donors (Lipinski definition) is 2. The highest BCUT2D eigenvalue weighted by Crippen LogP contribution is 2.23. The van der Waals surface area contributed by atoms with Crippen LogP contribution >= 0.6 is 11.8 Å². The average molecular weight is 494 g/mol. The molecule has 0 unspecified atom stereocenters. The first-order valence-corrected chi connectivity index (χ1v) is 12.9. The van der Waals surface area contributed by atoms with Crippen molar-refractivity contribution >= 4 is 23.5 Å². The van der Waals surface area contributed by atoms with Crippen LogP contribution in [0.25, 0.3) is 0 Å². The molecular formula is C24H47NO7S. The van der Waals surface area contributed by atoms with Crippen molar-refractivity contribution < 1.29 is 33.6 Å². The van der Waals surface area contributed by atoms with Crippen molar-refractivity contribution in [1.82, 2.24) is 5.32 Å². The molecule has 0 saturated carbocycles. The van der Waals surface area contributed by atoms with Crippen molar-refractivity contribution in [1.29, 1.82) is 0 Å². The van der Waals surface area contributed by atoms with Crippen LogP contribution in [0.4, 0.5) is 0 Å². The molecule has 2 N–H and O–H groups in total. The van der Waals surface area contributed by atoms with Gasteiger partial charge >= 0.3 is 5.97 Å². The lowest BCUT2D eigenvalue weighted by molar-refractivity contribution is -0.143. The number of nitrogens with one attached hydrogen (secondary N) is 1. The number of ketones is 1. The van der Waals surface area contributed by atoms with Crippen molar-refractivity contribution in [2.75, 3.05) is 70.9 Å². The average Bonchev–Trinajstić information content (AvgIpc) is 2.68. The van der Waals surface area contributed by atoms with Crippen LogP contribution in [0.5, 0.6) is 0 Å². The molecule has 0 aliphatic rings. The number of carboxylic acid groups (broad SMARTS) is 1. The van der Waals surface area contributed by atoms with Crippen LogP contribution in [0.2, 0.25) is 0 Å². The standard InChI is InChI=1S/C24H47NO7S/c1-23(2,3)19-33-18-20(22(27)28)17-21(26)7-9-29-11-13-31-15-16-32-14-12-30-10-8-25-24(4,5)6/h20,25H,7-19H2,1-6H3,(H,27,28)/t20-/m0/s1. The fourth-order valence-electron chi connectivity index (χ4n) is 2.55. The monoisotopic (exact) mass is 493 g/mol. The first-order valence-electron chi connectivity index (χ1n) is 11.8. The predicted octanol–water partition coefficient (Wildman–Crippen LogP) is 3.27. The largest absolute Gasteiger partial charge is 0.481 e. The van der Waals surface area contributed by atoms with Gasteiger partial charge in [-0.2, -0.15) is 11.8 Å². The minimum absolute atomic E-state index is 0.0560. The van der Waals surface area contributed by atoms with E-state index in [9.17, 15) is 14.7 Å². The third kappa shape index (κ3) is 24.2. The Morgan fingerprint density at radius 3 is 1.76 bits per heavy atom. The quantitative estimate of drug-likeness (QED) is 0.233. The molecule has 0 aliphatic carbocycles. The summed E-state index contributed by atoms with van der Waals surface area (Å²) in [4.78, 5) is 23.5. The van der Waals surface area contributed by atoms with Crippen molar-refractivity contribution in [3.8, 4) is 0 Å². The number of rotatable bonds is 21. The van der Waals surface area contributed by atoms with Gasteiger partial charge < -0.3 is 29.4 Å². The van der Waals surface area contributed by atoms with Gasteiger partial charge in [-0.15, -0.1) is 0 Å². The second kappa shape index (κ2) is 18.6. The predicted molar refractivity (Wildman–Crippen MR) is 133 cm³/mol. The molecule has 0 bridgehead atoms. The molecule has 0 radical (unpaired) electrons. The van der Waals surface area contributed by atoms with Gasteiger partial charge in [0.1, 0.15) is 5.78 Å². The Balaban J connectivity index is 3.54. The number of ether oxygens (including phenoxy) is 4. The topological polar surface area (TPSA) is 103 Å². The lowest BCUT2D eigenvalue weighted by Crippen LogP contribution is -2.38. The summed E-state index contributed by atoms with van der Waals surface area (Å²) >= 11 is 1.59. The summed E-state index contributed by atoms with van der Waals surface area (Å²) in [5.74, 6) is -0.314. The third-order valence-electron chi connectivity index (χ3n) is 4.22. The van der Waals surface area contributed by atoms with Gasteiger partial charge in [-0.1, -0.05) is 20.8 Å². The molecule has 0 spiro atoms. The highest BCUT2D eigenvalue weighted by Gasteiger charge is 2.22. The zero-order valence-corrected chi connectivity index (χ0v) is 22.4. The molecule has 0 rings (SSSR count). The number of hydrogen-bond acceptors (Lipinski definition) is 8. The van der Waals surface area contributed by atoms with Gasteiger partial charge in [0.15, 0.2) is 0 Å². The molecule has 8 nitrogen and oxygen atoms in total. The van der Waals surface area contributed by atoms with Crippen molar-refractivity contribution in [3.63, 3.8) is 0 Å². The van der Waals surface area contributed by atoms with E-state index < -0.39 is 11.9 Å². The van der Waals surface area contributed by atoms with Gasteiger partial charge in [0, 0.05) is 30.7 Å². The Morgan fingerprint density at radius 2 is 1.30 bits per heavy atom. The summed E-state index contributed by atoms with van der Waals surface area (Å²) < 4.78 is 21.8. The lowest BCUT2D eigenvalue weighted by atomic mass is 10.0. The highest BCUT2D eigenvalue weighted by atomic mass is 32.2. The first-order chi connectivity index (χ1) is 15.4. The number of aliphatic carboxylic acids is 1. The summed E-state index contributed by atoms with van der Waals surface area (Å²) in [7, 11) is 0. The van der Waals surface area contributed by atoms with Gasteiger partial charge in [0.05, 0.1) is 58.8 Å². The Labute approximate surface area is 204 Å². The molecular weight excluding hydrogens is 446 g/mol. The Kier molecular flexibility index (Phi) is 18.2. The van der Waals surface area contributed by atoms with E-state index in [0.29, 0.717) is 52.0 Å². The summed E-state index contributed by atoms with van der Waals surface area (Å²) in [5, 5.41) is 12.7. The fraction of sp³-hybridized carbons (Fsp3) is 0.917. The maximum absolute atomic E-state index is 12.1. The molecule has 0 aliphatic heterocycles. The van der Waals surface area contributed by atoms with Gasteiger partial charge in [-0.25, -0.2) is 0 Å². The highest BCUT2D eigenvalue weighted by molar-refractivity contribution is 7.99. The van der Waals surface area contributed by atoms with E-state index in [4.69, 9.17) is 18.9 Å². The molecule has 0 aromatic heterocycles. The Bertz CT molecular complexity index is 518.